The summed E-state index contributed by atoms with van der Waals surface area (Å²) in [4.78, 5) is 14.6. The van der Waals surface area contributed by atoms with Crippen LogP contribution in [0.25, 0.3) is 0 Å². The smallest absolute Gasteiger partial charge is 0.176 e. The van der Waals surface area contributed by atoms with E-state index in [9.17, 15) is 4.79 Å². The zero-order chi connectivity index (χ0) is 13.9. The van der Waals surface area contributed by atoms with Crippen molar-refractivity contribution in [2.24, 2.45) is 5.41 Å². The Morgan fingerprint density at radius 3 is 2.68 bits per heavy atom. The van der Waals surface area contributed by atoms with E-state index >= 15 is 0 Å². The number of carbonyl (C=O) groups is 1. The lowest BCUT2D eigenvalue weighted by Crippen LogP contribution is -2.30. The van der Waals surface area contributed by atoms with Gasteiger partial charge in [0, 0.05) is 16.6 Å². The van der Waals surface area contributed by atoms with E-state index in [1.807, 2.05) is 24.3 Å². The minimum Gasteiger partial charge on any atom is -0.295 e. The third-order valence-electron chi connectivity index (χ3n) is 4.53. The number of hydrogen-bond acceptors (Lipinski definition) is 2. The van der Waals surface area contributed by atoms with Gasteiger partial charge >= 0.3 is 0 Å². The minimum atomic E-state index is 0.226. The van der Waals surface area contributed by atoms with Crippen LogP contribution in [0, 0.1) is 5.41 Å². The summed E-state index contributed by atoms with van der Waals surface area (Å²) < 4.78 is 0.969. The lowest BCUT2D eigenvalue weighted by atomic mass is 9.82. The monoisotopic (exact) mass is 323 g/mol. The fourth-order valence-corrected chi connectivity index (χ4v) is 3.35. The molecule has 0 bridgehead atoms. The second kappa shape index (κ2) is 6.19. The molecule has 104 valence electrons. The summed E-state index contributed by atoms with van der Waals surface area (Å²) in [5.74, 6) is 0.226. The number of rotatable bonds is 5. The molecular formula is C16H22BrNO. The van der Waals surface area contributed by atoms with Crippen LogP contribution in [0.1, 0.15) is 43.5 Å². The molecule has 1 saturated heterocycles. The van der Waals surface area contributed by atoms with Gasteiger partial charge in [-0.15, -0.1) is 0 Å². The maximum absolute atomic E-state index is 12.3. The number of likely N-dealkylation sites (tertiary alicyclic amines) is 1. The average molecular weight is 324 g/mol. The normalized spacial score (nSPS) is 18.7. The molecule has 1 aromatic carbocycles. The van der Waals surface area contributed by atoms with E-state index in [1.165, 1.54) is 19.3 Å². The van der Waals surface area contributed by atoms with E-state index in [2.05, 4.69) is 34.7 Å². The predicted molar refractivity (Wildman–Crippen MR) is 82.5 cm³/mol. The summed E-state index contributed by atoms with van der Waals surface area (Å²) in [5.41, 5.74) is 1.25. The van der Waals surface area contributed by atoms with E-state index in [1.54, 1.807) is 0 Å². The highest BCUT2D eigenvalue weighted by Gasteiger charge is 2.35. The average Bonchev–Trinajstić information content (AvgIpc) is 2.83. The molecule has 0 radical (unpaired) electrons. The zero-order valence-corrected chi connectivity index (χ0v) is 13.4. The maximum Gasteiger partial charge on any atom is 0.176 e. The molecule has 1 fully saturated rings. The summed E-state index contributed by atoms with van der Waals surface area (Å²) in [6, 6.07) is 7.68. The summed E-state index contributed by atoms with van der Waals surface area (Å²) >= 11 is 3.42. The van der Waals surface area contributed by atoms with Gasteiger partial charge in [-0.3, -0.25) is 9.69 Å². The zero-order valence-electron chi connectivity index (χ0n) is 11.8. The first-order valence-electron chi connectivity index (χ1n) is 7.10. The largest absolute Gasteiger partial charge is 0.295 e. The summed E-state index contributed by atoms with van der Waals surface area (Å²) in [6.07, 6.45) is 3.65. The summed E-state index contributed by atoms with van der Waals surface area (Å²) in [7, 11) is 0. The van der Waals surface area contributed by atoms with Gasteiger partial charge in [-0.25, -0.2) is 0 Å². The third-order valence-corrected chi connectivity index (χ3v) is 5.02. The van der Waals surface area contributed by atoms with E-state index in [4.69, 9.17) is 0 Å². The number of ketones is 1. The molecular weight excluding hydrogens is 302 g/mol. The van der Waals surface area contributed by atoms with E-state index < -0.39 is 0 Å². The lowest BCUT2D eigenvalue weighted by Gasteiger charge is -2.26. The molecule has 0 unspecified atom stereocenters. The SMILES string of the molecule is CCC1(CC)CCN(CC(=O)c2cccc(Br)c2)C1. The molecule has 0 amide bonds. The molecule has 3 heteroatoms. The topological polar surface area (TPSA) is 20.3 Å². The number of hydrogen-bond donors (Lipinski definition) is 0. The Kier molecular flexibility index (Phi) is 4.80. The van der Waals surface area contributed by atoms with E-state index in [0.717, 1.165) is 23.1 Å². The van der Waals surface area contributed by atoms with Crippen LogP contribution in [0.3, 0.4) is 0 Å². The van der Waals surface area contributed by atoms with Crippen molar-refractivity contribution in [2.75, 3.05) is 19.6 Å². The molecule has 0 saturated carbocycles. The first-order valence-corrected chi connectivity index (χ1v) is 7.89. The number of Topliss-reactive ketones (excluding diaryl/α,β-unsaturated/α-hetero) is 1. The molecule has 19 heavy (non-hydrogen) atoms. The van der Waals surface area contributed by atoms with Crippen LogP contribution in [-0.2, 0) is 0 Å². The predicted octanol–water partition coefficient (Wildman–Crippen LogP) is 4.14. The van der Waals surface area contributed by atoms with Gasteiger partial charge in [-0.1, -0.05) is 41.9 Å². The molecule has 1 aromatic rings. The number of carbonyl (C=O) groups excluding carboxylic acids is 1. The van der Waals surface area contributed by atoms with E-state index in [0.29, 0.717) is 12.0 Å². The van der Waals surface area contributed by atoms with Crippen molar-refractivity contribution in [2.45, 2.75) is 33.1 Å². The second-order valence-corrected chi connectivity index (χ2v) is 6.52. The van der Waals surface area contributed by atoms with Gasteiger partial charge in [0.1, 0.15) is 0 Å². The third kappa shape index (κ3) is 3.46. The second-order valence-electron chi connectivity index (χ2n) is 5.60. The standard InChI is InChI=1S/C16H22BrNO/c1-3-16(4-2)8-9-18(12-16)11-15(19)13-6-5-7-14(17)10-13/h5-7,10H,3-4,8-9,11-12H2,1-2H3. The van der Waals surface area contributed by atoms with Crippen LogP contribution >= 0.6 is 15.9 Å². The Hall–Kier alpha value is -0.670. The molecule has 0 aromatic heterocycles. The van der Waals surface area contributed by atoms with Crippen molar-refractivity contribution < 1.29 is 4.79 Å². The van der Waals surface area contributed by atoms with Crippen molar-refractivity contribution in [3.8, 4) is 0 Å². The Bertz CT molecular complexity index is 454. The van der Waals surface area contributed by atoms with Crippen LogP contribution in [0.4, 0.5) is 0 Å². The molecule has 0 N–H and O–H groups in total. The van der Waals surface area contributed by atoms with Gasteiger partial charge in [-0.05, 0) is 43.4 Å². The van der Waals surface area contributed by atoms with Gasteiger partial charge in [0.05, 0.1) is 6.54 Å². The van der Waals surface area contributed by atoms with Crippen LogP contribution in [0.5, 0.6) is 0 Å². The van der Waals surface area contributed by atoms with Crippen molar-refractivity contribution in [3.05, 3.63) is 34.3 Å². The van der Waals surface area contributed by atoms with Crippen LogP contribution in [-0.4, -0.2) is 30.3 Å². The highest BCUT2D eigenvalue weighted by Crippen LogP contribution is 2.36. The van der Waals surface area contributed by atoms with Crippen molar-refractivity contribution >= 4 is 21.7 Å². The highest BCUT2D eigenvalue weighted by molar-refractivity contribution is 9.10. The van der Waals surface area contributed by atoms with Crippen molar-refractivity contribution in [3.63, 3.8) is 0 Å². The Morgan fingerprint density at radius 1 is 1.37 bits per heavy atom. The quantitative estimate of drug-likeness (QED) is 0.759. The van der Waals surface area contributed by atoms with E-state index in [-0.39, 0.29) is 5.78 Å². The van der Waals surface area contributed by atoms with Gasteiger partial charge in [0.2, 0.25) is 0 Å². The Morgan fingerprint density at radius 2 is 2.11 bits per heavy atom. The maximum atomic E-state index is 12.3. The first-order chi connectivity index (χ1) is 9.08. The molecule has 2 rings (SSSR count). The number of benzene rings is 1. The molecule has 0 aliphatic carbocycles. The first kappa shape index (κ1) is 14.7. The molecule has 2 nitrogen and oxygen atoms in total. The molecule has 1 aliphatic rings. The highest BCUT2D eigenvalue weighted by atomic mass is 79.9. The van der Waals surface area contributed by atoms with Gasteiger partial charge in [0.15, 0.2) is 5.78 Å². The molecule has 1 aliphatic heterocycles. The molecule has 1 heterocycles. The van der Waals surface area contributed by atoms with Crippen LogP contribution in [0.2, 0.25) is 0 Å². The number of halogens is 1. The Labute approximate surface area is 124 Å². The minimum absolute atomic E-state index is 0.226. The fourth-order valence-electron chi connectivity index (χ4n) is 2.95. The lowest BCUT2D eigenvalue weighted by molar-refractivity contribution is 0.0936. The van der Waals surface area contributed by atoms with Crippen molar-refractivity contribution in [1.82, 2.24) is 4.90 Å². The summed E-state index contributed by atoms with van der Waals surface area (Å²) in [6.45, 7) is 7.21. The molecule has 0 spiro atoms. The van der Waals surface area contributed by atoms with Gasteiger partial charge in [0.25, 0.3) is 0 Å². The van der Waals surface area contributed by atoms with Crippen molar-refractivity contribution in [1.29, 1.82) is 0 Å². The molecule has 0 atom stereocenters. The number of nitrogens with zero attached hydrogens (tertiary/aromatic N) is 1. The van der Waals surface area contributed by atoms with Gasteiger partial charge in [-0.2, -0.15) is 0 Å². The van der Waals surface area contributed by atoms with Crippen LogP contribution < -0.4 is 0 Å². The summed E-state index contributed by atoms with van der Waals surface area (Å²) in [5, 5.41) is 0. The Balaban J connectivity index is 1.98. The fraction of sp³-hybridized carbons (Fsp3) is 0.562. The van der Waals surface area contributed by atoms with Gasteiger partial charge < -0.3 is 0 Å². The van der Waals surface area contributed by atoms with Crippen LogP contribution in [0.15, 0.2) is 28.7 Å².